The molecule has 1 fully saturated rings. The Morgan fingerprint density at radius 1 is 1.03 bits per heavy atom. The molecule has 1 N–H and O–H groups in total. The number of hydrogen-bond acceptors (Lipinski definition) is 4. The number of nitrogens with zero attached hydrogens (tertiary/aromatic N) is 1. The lowest BCUT2D eigenvalue weighted by Crippen LogP contribution is -2.32. The second-order valence-electron chi connectivity index (χ2n) is 7.10. The fourth-order valence-electron chi connectivity index (χ4n) is 3.78. The van der Waals surface area contributed by atoms with Crippen LogP contribution >= 0.6 is 0 Å². The monoisotopic (exact) mass is 405 g/mol. The molecule has 6 heteroatoms. The van der Waals surface area contributed by atoms with Gasteiger partial charge in [0, 0.05) is 19.2 Å². The van der Waals surface area contributed by atoms with Gasteiger partial charge in [-0.25, -0.2) is 4.39 Å². The van der Waals surface area contributed by atoms with Gasteiger partial charge < -0.3 is 14.7 Å². The summed E-state index contributed by atoms with van der Waals surface area (Å²) in [4.78, 5) is 27.0. The lowest BCUT2D eigenvalue weighted by molar-refractivity contribution is -0.140. The molecule has 1 amide bonds. The van der Waals surface area contributed by atoms with Gasteiger partial charge in [-0.15, -0.1) is 0 Å². The van der Waals surface area contributed by atoms with E-state index in [1.807, 2.05) is 30.3 Å². The number of aliphatic hydroxyl groups is 1. The molecule has 0 radical (unpaired) electrons. The first-order valence-electron chi connectivity index (χ1n) is 9.53. The van der Waals surface area contributed by atoms with Crippen LogP contribution in [0.1, 0.15) is 17.2 Å². The minimum Gasteiger partial charge on any atom is -0.507 e. The molecule has 3 aromatic carbocycles. The van der Waals surface area contributed by atoms with E-state index in [2.05, 4.69) is 0 Å². The summed E-state index contributed by atoms with van der Waals surface area (Å²) in [5, 5.41) is 13.0. The number of methoxy groups -OCH3 is 1. The Balaban J connectivity index is 1.87. The molecule has 1 aliphatic heterocycles. The summed E-state index contributed by atoms with van der Waals surface area (Å²) in [5.74, 6) is -2.18. The highest BCUT2D eigenvalue weighted by Gasteiger charge is 2.45. The molecule has 0 spiro atoms. The summed E-state index contributed by atoms with van der Waals surface area (Å²) in [6.07, 6.45) is 0. The maximum absolute atomic E-state index is 13.5. The number of ketones is 1. The third-order valence-electron chi connectivity index (χ3n) is 5.28. The van der Waals surface area contributed by atoms with Crippen molar-refractivity contribution in [1.29, 1.82) is 0 Å². The Labute approximate surface area is 173 Å². The molecular weight excluding hydrogens is 385 g/mol. The number of hydrogen-bond donors (Lipinski definition) is 1. The second kappa shape index (κ2) is 8.08. The molecule has 1 aliphatic rings. The van der Waals surface area contributed by atoms with Crippen molar-refractivity contribution in [3.05, 3.63) is 89.2 Å². The van der Waals surface area contributed by atoms with Crippen LogP contribution in [0.3, 0.4) is 0 Å². The Morgan fingerprint density at radius 3 is 2.43 bits per heavy atom. The van der Waals surface area contributed by atoms with Crippen LogP contribution in [0.2, 0.25) is 0 Å². The SMILES string of the molecule is COCCN1C(=O)C(=O)/C(=C(\O)c2ccc3ccccc3c2)C1c1ccc(F)cc1. The average Bonchev–Trinajstić information content (AvgIpc) is 3.02. The highest BCUT2D eigenvalue weighted by atomic mass is 19.1. The van der Waals surface area contributed by atoms with Crippen molar-refractivity contribution in [2.45, 2.75) is 6.04 Å². The first kappa shape index (κ1) is 19.8. The van der Waals surface area contributed by atoms with Crippen LogP contribution in [-0.4, -0.2) is 42.0 Å². The van der Waals surface area contributed by atoms with Gasteiger partial charge in [0.05, 0.1) is 18.2 Å². The molecule has 0 aliphatic carbocycles. The van der Waals surface area contributed by atoms with Crippen molar-refractivity contribution in [1.82, 2.24) is 4.90 Å². The predicted octanol–water partition coefficient (Wildman–Crippen LogP) is 4.05. The molecule has 0 bridgehead atoms. The van der Waals surface area contributed by atoms with E-state index in [1.165, 1.54) is 36.3 Å². The Morgan fingerprint density at radius 2 is 1.73 bits per heavy atom. The van der Waals surface area contributed by atoms with Gasteiger partial charge in [0.15, 0.2) is 0 Å². The zero-order valence-electron chi connectivity index (χ0n) is 16.3. The number of rotatable bonds is 5. The van der Waals surface area contributed by atoms with Gasteiger partial charge in [0.1, 0.15) is 11.6 Å². The highest BCUT2D eigenvalue weighted by Crippen LogP contribution is 2.39. The van der Waals surface area contributed by atoms with Crippen LogP contribution in [-0.2, 0) is 14.3 Å². The lowest BCUT2D eigenvalue weighted by atomic mass is 9.94. The minimum absolute atomic E-state index is 0.0157. The summed E-state index contributed by atoms with van der Waals surface area (Å²) < 4.78 is 18.5. The standard InChI is InChI=1S/C24H20FNO4/c1-30-13-12-26-21(16-8-10-19(25)11-9-16)20(23(28)24(26)29)22(27)18-7-6-15-4-2-3-5-17(15)14-18/h2-11,14,21,27H,12-13H2,1H3/b22-20-. The van der Waals surface area contributed by atoms with Gasteiger partial charge in [-0.2, -0.15) is 0 Å². The molecule has 0 aromatic heterocycles. The molecule has 1 saturated heterocycles. The third kappa shape index (κ3) is 3.46. The van der Waals surface area contributed by atoms with Crippen LogP contribution in [0.25, 0.3) is 16.5 Å². The number of likely N-dealkylation sites (tertiary alicyclic amines) is 1. The fourth-order valence-corrected chi connectivity index (χ4v) is 3.78. The van der Waals surface area contributed by atoms with E-state index in [9.17, 15) is 19.1 Å². The Hall–Kier alpha value is -3.51. The smallest absolute Gasteiger partial charge is 0.295 e. The molecule has 4 rings (SSSR count). The van der Waals surface area contributed by atoms with Gasteiger partial charge in [0.25, 0.3) is 11.7 Å². The molecular formula is C24H20FNO4. The molecule has 1 unspecified atom stereocenters. The number of ether oxygens (including phenoxy) is 1. The number of carbonyl (C=O) groups excluding carboxylic acids is 2. The van der Waals surface area contributed by atoms with Crippen LogP contribution in [0.15, 0.2) is 72.3 Å². The number of benzene rings is 3. The van der Waals surface area contributed by atoms with E-state index < -0.39 is 23.5 Å². The zero-order valence-corrected chi connectivity index (χ0v) is 16.3. The first-order chi connectivity index (χ1) is 14.5. The lowest BCUT2D eigenvalue weighted by Gasteiger charge is -2.25. The molecule has 1 atom stereocenters. The van der Waals surface area contributed by atoms with Crippen molar-refractivity contribution in [2.24, 2.45) is 0 Å². The largest absolute Gasteiger partial charge is 0.507 e. The molecule has 3 aromatic rings. The van der Waals surface area contributed by atoms with Gasteiger partial charge in [-0.1, -0.05) is 48.5 Å². The topological polar surface area (TPSA) is 66.8 Å². The molecule has 30 heavy (non-hydrogen) atoms. The summed E-state index contributed by atoms with van der Waals surface area (Å²) in [6.45, 7) is 0.387. The normalized spacial score (nSPS) is 18.3. The summed E-state index contributed by atoms with van der Waals surface area (Å²) in [5.41, 5.74) is 0.956. The number of aliphatic hydroxyl groups excluding tert-OH is 1. The maximum atomic E-state index is 13.5. The first-order valence-corrected chi connectivity index (χ1v) is 9.53. The van der Waals surface area contributed by atoms with Gasteiger partial charge in [-0.3, -0.25) is 9.59 Å². The van der Waals surface area contributed by atoms with Crippen molar-refractivity contribution >= 4 is 28.2 Å². The maximum Gasteiger partial charge on any atom is 0.295 e. The molecule has 0 saturated carbocycles. The number of Topliss-reactive ketones (excluding diaryl/α,β-unsaturated/α-hetero) is 1. The quantitative estimate of drug-likeness (QED) is 0.395. The van der Waals surface area contributed by atoms with Crippen LogP contribution in [0.5, 0.6) is 0 Å². The molecule has 152 valence electrons. The van der Waals surface area contributed by atoms with Crippen molar-refractivity contribution in [3.63, 3.8) is 0 Å². The fraction of sp³-hybridized carbons (Fsp3) is 0.167. The molecule has 5 nitrogen and oxygen atoms in total. The summed E-state index contributed by atoms with van der Waals surface area (Å²) in [7, 11) is 1.50. The van der Waals surface area contributed by atoms with E-state index in [-0.39, 0.29) is 24.5 Å². The number of halogens is 1. The van der Waals surface area contributed by atoms with Crippen LogP contribution in [0.4, 0.5) is 4.39 Å². The molecule has 1 heterocycles. The van der Waals surface area contributed by atoms with E-state index in [0.717, 1.165) is 10.8 Å². The number of fused-ring (bicyclic) bond motifs is 1. The van der Waals surface area contributed by atoms with Crippen molar-refractivity contribution in [2.75, 3.05) is 20.3 Å². The van der Waals surface area contributed by atoms with Gasteiger partial charge in [0.2, 0.25) is 0 Å². The minimum atomic E-state index is -0.827. The second-order valence-corrected chi connectivity index (χ2v) is 7.10. The van der Waals surface area contributed by atoms with Crippen molar-refractivity contribution in [3.8, 4) is 0 Å². The number of amides is 1. The average molecular weight is 405 g/mol. The van der Waals surface area contributed by atoms with E-state index in [4.69, 9.17) is 4.74 Å². The third-order valence-corrected chi connectivity index (χ3v) is 5.28. The predicted molar refractivity (Wildman–Crippen MR) is 111 cm³/mol. The Kier molecular flexibility index (Phi) is 5.33. The van der Waals surface area contributed by atoms with Crippen LogP contribution < -0.4 is 0 Å². The summed E-state index contributed by atoms with van der Waals surface area (Å²) >= 11 is 0. The zero-order chi connectivity index (χ0) is 21.3. The van der Waals surface area contributed by atoms with Gasteiger partial charge in [-0.05, 0) is 34.5 Å². The van der Waals surface area contributed by atoms with E-state index in [0.29, 0.717) is 11.1 Å². The number of carbonyl (C=O) groups is 2. The van der Waals surface area contributed by atoms with Crippen molar-refractivity contribution < 1.29 is 23.8 Å². The van der Waals surface area contributed by atoms with Crippen LogP contribution in [0, 0.1) is 5.82 Å². The van der Waals surface area contributed by atoms with E-state index >= 15 is 0 Å². The summed E-state index contributed by atoms with van der Waals surface area (Å²) in [6, 6.07) is 17.7. The van der Waals surface area contributed by atoms with E-state index in [1.54, 1.807) is 12.1 Å². The van der Waals surface area contributed by atoms with Gasteiger partial charge >= 0.3 is 0 Å². The highest BCUT2D eigenvalue weighted by molar-refractivity contribution is 6.46. The Bertz CT molecular complexity index is 1150.